The van der Waals surface area contributed by atoms with Crippen LogP contribution in [0.25, 0.3) is 0 Å². The maximum absolute atomic E-state index is 13.4. The van der Waals surface area contributed by atoms with Crippen LogP contribution in [0.2, 0.25) is 0 Å². The lowest BCUT2D eigenvalue weighted by molar-refractivity contribution is 0.618. The molecule has 0 bridgehead atoms. The fraction of sp³-hybridized carbons (Fsp3) is 0.143. The first-order chi connectivity index (χ1) is 8.56. The molecule has 0 fully saturated rings. The molecule has 94 valence electrons. The molecule has 0 saturated heterocycles. The van der Waals surface area contributed by atoms with Crippen molar-refractivity contribution >= 4 is 37.5 Å². The van der Waals surface area contributed by atoms with E-state index in [1.807, 2.05) is 25.1 Å². The van der Waals surface area contributed by atoms with Gasteiger partial charge in [-0.2, -0.15) is 0 Å². The summed E-state index contributed by atoms with van der Waals surface area (Å²) in [6, 6.07) is 11.1. The standard InChI is InChI=1S/C14H12Br2FN/c1-9-5-11(15)7-12(6-9)18-8-10-3-2-4-13(17)14(10)16/h2-7,18H,8H2,1H3. The number of nitrogens with one attached hydrogen (secondary N) is 1. The van der Waals surface area contributed by atoms with Crippen LogP contribution in [0, 0.1) is 12.7 Å². The highest BCUT2D eigenvalue weighted by atomic mass is 79.9. The van der Waals surface area contributed by atoms with Gasteiger partial charge in [-0.15, -0.1) is 0 Å². The first kappa shape index (κ1) is 13.6. The molecule has 0 spiro atoms. The molecule has 0 radical (unpaired) electrons. The normalized spacial score (nSPS) is 10.4. The Hall–Kier alpha value is -0.870. The average molecular weight is 373 g/mol. The summed E-state index contributed by atoms with van der Waals surface area (Å²) in [6.07, 6.45) is 0. The zero-order valence-electron chi connectivity index (χ0n) is 9.81. The molecule has 0 aliphatic heterocycles. The van der Waals surface area contributed by atoms with Crippen molar-refractivity contribution in [1.29, 1.82) is 0 Å². The molecule has 18 heavy (non-hydrogen) atoms. The molecule has 0 atom stereocenters. The summed E-state index contributed by atoms with van der Waals surface area (Å²) < 4.78 is 14.9. The lowest BCUT2D eigenvalue weighted by Crippen LogP contribution is -2.01. The average Bonchev–Trinajstić information content (AvgIpc) is 2.30. The Balaban J connectivity index is 2.14. The zero-order valence-corrected chi connectivity index (χ0v) is 13.0. The summed E-state index contributed by atoms with van der Waals surface area (Å²) in [6.45, 7) is 2.61. The molecule has 1 N–H and O–H groups in total. The molecule has 1 nitrogen and oxygen atoms in total. The van der Waals surface area contributed by atoms with E-state index in [1.54, 1.807) is 6.07 Å². The van der Waals surface area contributed by atoms with E-state index in [1.165, 1.54) is 11.6 Å². The van der Waals surface area contributed by atoms with Gasteiger partial charge in [0.2, 0.25) is 0 Å². The second-order valence-electron chi connectivity index (χ2n) is 4.08. The summed E-state index contributed by atoms with van der Waals surface area (Å²) in [7, 11) is 0. The predicted octanol–water partition coefficient (Wildman–Crippen LogP) is 5.27. The van der Waals surface area contributed by atoms with Crippen molar-refractivity contribution in [1.82, 2.24) is 0 Å². The van der Waals surface area contributed by atoms with Gasteiger partial charge < -0.3 is 5.32 Å². The van der Waals surface area contributed by atoms with Crippen molar-refractivity contribution in [3.63, 3.8) is 0 Å². The molecule has 0 aliphatic rings. The van der Waals surface area contributed by atoms with E-state index in [2.05, 4.69) is 43.2 Å². The summed E-state index contributed by atoms with van der Waals surface area (Å²) in [5.41, 5.74) is 3.08. The van der Waals surface area contributed by atoms with Crippen molar-refractivity contribution in [2.75, 3.05) is 5.32 Å². The Labute approximate surface area is 123 Å². The number of halogens is 3. The number of hydrogen-bond acceptors (Lipinski definition) is 1. The van der Waals surface area contributed by atoms with Crippen molar-refractivity contribution in [3.05, 3.63) is 62.3 Å². The van der Waals surface area contributed by atoms with Gasteiger partial charge in [0.1, 0.15) is 5.82 Å². The molecule has 0 unspecified atom stereocenters. The quantitative estimate of drug-likeness (QED) is 0.773. The Morgan fingerprint density at radius 2 is 1.94 bits per heavy atom. The third-order valence-electron chi connectivity index (χ3n) is 2.56. The highest BCUT2D eigenvalue weighted by molar-refractivity contribution is 9.10. The summed E-state index contributed by atoms with van der Waals surface area (Å²) in [5, 5.41) is 3.28. The molecular formula is C14H12Br2FN. The van der Waals surface area contributed by atoms with E-state index >= 15 is 0 Å². The van der Waals surface area contributed by atoms with Gasteiger partial charge in [0, 0.05) is 16.7 Å². The maximum atomic E-state index is 13.4. The summed E-state index contributed by atoms with van der Waals surface area (Å²) in [5.74, 6) is -0.236. The monoisotopic (exact) mass is 371 g/mol. The fourth-order valence-corrected chi connectivity index (χ4v) is 2.73. The topological polar surface area (TPSA) is 12.0 Å². The van der Waals surface area contributed by atoms with Crippen LogP contribution in [0.3, 0.4) is 0 Å². The molecule has 2 aromatic rings. The van der Waals surface area contributed by atoms with Gasteiger partial charge in [0.05, 0.1) is 4.47 Å². The molecule has 0 aliphatic carbocycles. The third-order valence-corrected chi connectivity index (χ3v) is 3.90. The third kappa shape index (κ3) is 3.33. The molecule has 4 heteroatoms. The molecule has 0 aromatic heterocycles. The van der Waals surface area contributed by atoms with Gasteiger partial charge in [-0.1, -0.05) is 28.1 Å². The van der Waals surface area contributed by atoms with E-state index in [9.17, 15) is 4.39 Å². The first-order valence-electron chi connectivity index (χ1n) is 5.50. The maximum Gasteiger partial charge on any atom is 0.137 e. The van der Waals surface area contributed by atoms with E-state index in [0.717, 1.165) is 15.7 Å². The van der Waals surface area contributed by atoms with Gasteiger partial charge in [-0.3, -0.25) is 0 Å². The van der Waals surface area contributed by atoms with Crippen molar-refractivity contribution < 1.29 is 4.39 Å². The van der Waals surface area contributed by atoms with Crippen LogP contribution in [-0.4, -0.2) is 0 Å². The number of hydrogen-bond donors (Lipinski definition) is 1. The van der Waals surface area contributed by atoms with Crippen LogP contribution in [0.1, 0.15) is 11.1 Å². The zero-order chi connectivity index (χ0) is 13.1. The molecule has 0 heterocycles. The number of aryl methyl sites for hydroxylation is 1. The minimum absolute atomic E-state index is 0.236. The Morgan fingerprint density at radius 1 is 1.17 bits per heavy atom. The van der Waals surface area contributed by atoms with Crippen molar-refractivity contribution in [2.24, 2.45) is 0 Å². The molecular weight excluding hydrogens is 361 g/mol. The van der Waals surface area contributed by atoms with E-state index < -0.39 is 0 Å². The Kier molecular flexibility index (Phi) is 4.40. The van der Waals surface area contributed by atoms with E-state index in [4.69, 9.17) is 0 Å². The second kappa shape index (κ2) is 5.85. The first-order valence-corrected chi connectivity index (χ1v) is 7.09. The predicted molar refractivity (Wildman–Crippen MR) is 80.3 cm³/mol. The fourth-order valence-electron chi connectivity index (χ4n) is 1.72. The van der Waals surface area contributed by atoms with Crippen LogP contribution in [-0.2, 0) is 6.54 Å². The van der Waals surface area contributed by atoms with E-state index in [0.29, 0.717) is 11.0 Å². The van der Waals surface area contributed by atoms with Gasteiger partial charge in [0.15, 0.2) is 0 Å². The van der Waals surface area contributed by atoms with Crippen molar-refractivity contribution in [2.45, 2.75) is 13.5 Å². The van der Waals surface area contributed by atoms with Crippen molar-refractivity contribution in [3.8, 4) is 0 Å². The Morgan fingerprint density at radius 3 is 2.67 bits per heavy atom. The van der Waals surface area contributed by atoms with Crippen LogP contribution in [0.15, 0.2) is 45.3 Å². The molecule has 2 rings (SSSR count). The molecule has 0 amide bonds. The molecule has 2 aromatic carbocycles. The minimum atomic E-state index is -0.236. The SMILES string of the molecule is Cc1cc(Br)cc(NCc2cccc(F)c2Br)c1. The lowest BCUT2D eigenvalue weighted by atomic mass is 10.2. The second-order valence-corrected chi connectivity index (χ2v) is 5.79. The number of anilines is 1. The van der Waals surface area contributed by atoms with Gasteiger partial charge in [-0.25, -0.2) is 4.39 Å². The lowest BCUT2D eigenvalue weighted by Gasteiger charge is -2.10. The van der Waals surface area contributed by atoms with Crippen LogP contribution < -0.4 is 5.32 Å². The summed E-state index contributed by atoms with van der Waals surface area (Å²) >= 11 is 6.71. The number of rotatable bonds is 3. The smallest absolute Gasteiger partial charge is 0.137 e. The van der Waals surface area contributed by atoms with Crippen LogP contribution >= 0.6 is 31.9 Å². The van der Waals surface area contributed by atoms with Gasteiger partial charge >= 0.3 is 0 Å². The van der Waals surface area contributed by atoms with Gasteiger partial charge in [-0.05, 0) is 58.2 Å². The van der Waals surface area contributed by atoms with Crippen LogP contribution in [0.5, 0.6) is 0 Å². The highest BCUT2D eigenvalue weighted by Crippen LogP contribution is 2.23. The summed E-state index contributed by atoms with van der Waals surface area (Å²) in [4.78, 5) is 0. The largest absolute Gasteiger partial charge is 0.381 e. The Bertz CT molecular complexity index is 549. The highest BCUT2D eigenvalue weighted by Gasteiger charge is 2.05. The number of benzene rings is 2. The minimum Gasteiger partial charge on any atom is -0.381 e. The van der Waals surface area contributed by atoms with Gasteiger partial charge in [0.25, 0.3) is 0 Å². The van der Waals surface area contributed by atoms with Crippen LogP contribution in [0.4, 0.5) is 10.1 Å². The van der Waals surface area contributed by atoms with E-state index in [-0.39, 0.29) is 5.82 Å². The molecule has 0 saturated carbocycles.